The highest BCUT2D eigenvalue weighted by Crippen LogP contribution is 2.36. The first-order valence-corrected chi connectivity index (χ1v) is 13.5. The minimum absolute atomic E-state index is 0.158. The van der Waals surface area contributed by atoms with Gasteiger partial charge in [0.05, 0.1) is 10.3 Å². The van der Waals surface area contributed by atoms with Gasteiger partial charge in [0.2, 0.25) is 21.8 Å². The zero-order chi connectivity index (χ0) is 25.2. The standard InChI is InChI=1S/C26H31N3O5S/c1-3-26(14-13-23(30)28-25(26)32)20-9-11-21(12-10-20)27-24(31)19-8-7-18(2)22(17-19)35(33,34)29-15-5-4-6-16-29/h7-12,17H,3-6,13-16H2,1-2H3,(H,27,31)(H,28,30,32). The van der Waals surface area contributed by atoms with Crippen LogP contribution in [0.25, 0.3) is 0 Å². The monoisotopic (exact) mass is 497 g/mol. The summed E-state index contributed by atoms with van der Waals surface area (Å²) in [7, 11) is -3.67. The van der Waals surface area contributed by atoms with E-state index in [-0.39, 0.29) is 28.7 Å². The van der Waals surface area contributed by atoms with Crippen molar-refractivity contribution in [3.8, 4) is 0 Å². The summed E-state index contributed by atoms with van der Waals surface area (Å²) in [5.74, 6) is -0.975. The van der Waals surface area contributed by atoms with Crippen LogP contribution in [0, 0.1) is 6.92 Å². The third kappa shape index (κ3) is 4.88. The Morgan fingerprint density at radius 1 is 1.06 bits per heavy atom. The molecule has 186 valence electrons. The molecule has 4 rings (SSSR count). The van der Waals surface area contributed by atoms with Crippen LogP contribution in [0.15, 0.2) is 47.4 Å². The Balaban J connectivity index is 1.53. The Kier molecular flexibility index (Phi) is 7.10. The number of rotatable bonds is 6. The number of benzene rings is 2. The normalized spacial score (nSPS) is 21.4. The van der Waals surface area contributed by atoms with Crippen molar-refractivity contribution >= 4 is 33.4 Å². The average Bonchev–Trinajstić information content (AvgIpc) is 2.86. The summed E-state index contributed by atoms with van der Waals surface area (Å²) in [5, 5.41) is 5.25. The van der Waals surface area contributed by atoms with E-state index in [1.165, 1.54) is 10.4 Å². The van der Waals surface area contributed by atoms with Gasteiger partial charge in [-0.25, -0.2) is 8.42 Å². The zero-order valence-electron chi connectivity index (χ0n) is 20.1. The van der Waals surface area contributed by atoms with Gasteiger partial charge in [0, 0.05) is 30.8 Å². The van der Waals surface area contributed by atoms with Gasteiger partial charge in [-0.2, -0.15) is 4.31 Å². The van der Waals surface area contributed by atoms with Crippen LogP contribution in [-0.4, -0.2) is 43.5 Å². The molecule has 2 aromatic carbocycles. The summed E-state index contributed by atoms with van der Waals surface area (Å²) in [6.07, 6.45) is 3.98. The fourth-order valence-corrected chi connectivity index (χ4v) is 6.67. The van der Waals surface area contributed by atoms with E-state index in [4.69, 9.17) is 0 Å². The molecule has 1 unspecified atom stereocenters. The van der Waals surface area contributed by atoms with E-state index in [2.05, 4.69) is 10.6 Å². The van der Waals surface area contributed by atoms with Crippen LogP contribution >= 0.6 is 0 Å². The third-order valence-electron chi connectivity index (χ3n) is 7.15. The lowest BCUT2D eigenvalue weighted by Crippen LogP contribution is -2.51. The molecule has 0 saturated carbocycles. The highest BCUT2D eigenvalue weighted by molar-refractivity contribution is 7.89. The number of hydrogen-bond donors (Lipinski definition) is 2. The fraction of sp³-hybridized carbons (Fsp3) is 0.423. The molecular weight excluding hydrogens is 466 g/mol. The van der Waals surface area contributed by atoms with Crippen LogP contribution in [0.1, 0.15) is 66.9 Å². The summed E-state index contributed by atoms with van der Waals surface area (Å²) in [5.41, 5.74) is 1.40. The Hall–Kier alpha value is -3.04. The summed E-state index contributed by atoms with van der Waals surface area (Å²) < 4.78 is 27.8. The third-order valence-corrected chi connectivity index (χ3v) is 9.19. The van der Waals surface area contributed by atoms with E-state index in [1.807, 2.05) is 6.92 Å². The van der Waals surface area contributed by atoms with Gasteiger partial charge in [-0.05, 0) is 68.0 Å². The number of sulfonamides is 1. The first-order chi connectivity index (χ1) is 16.7. The molecule has 2 aromatic rings. The molecule has 3 amide bonds. The predicted octanol–water partition coefficient (Wildman–Crippen LogP) is 3.51. The van der Waals surface area contributed by atoms with Crippen LogP contribution in [0.2, 0.25) is 0 Å². The average molecular weight is 498 g/mol. The molecule has 0 radical (unpaired) electrons. The van der Waals surface area contributed by atoms with E-state index in [0.29, 0.717) is 37.2 Å². The number of carbonyl (C=O) groups excluding carboxylic acids is 3. The summed E-state index contributed by atoms with van der Waals surface area (Å²) >= 11 is 0. The SMILES string of the molecule is CCC1(c2ccc(NC(=O)c3ccc(C)c(S(=O)(=O)N4CCCCC4)c3)cc2)CCC(=O)NC1=O. The maximum atomic E-state index is 13.2. The maximum absolute atomic E-state index is 13.2. The van der Waals surface area contributed by atoms with Crippen molar-refractivity contribution in [2.24, 2.45) is 0 Å². The minimum atomic E-state index is -3.67. The molecule has 2 aliphatic rings. The smallest absolute Gasteiger partial charge is 0.255 e. The van der Waals surface area contributed by atoms with Crippen LogP contribution in [0.4, 0.5) is 5.69 Å². The zero-order valence-corrected chi connectivity index (χ0v) is 20.9. The largest absolute Gasteiger partial charge is 0.322 e. The van der Waals surface area contributed by atoms with E-state index in [0.717, 1.165) is 24.8 Å². The first-order valence-electron chi connectivity index (χ1n) is 12.0. The molecule has 2 aliphatic heterocycles. The van der Waals surface area contributed by atoms with Crippen molar-refractivity contribution in [1.82, 2.24) is 9.62 Å². The quantitative estimate of drug-likeness (QED) is 0.593. The van der Waals surface area contributed by atoms with Crippen LogP contribution in [-0.2, 0) is 25.0 Å². The lowest BCUT2D eigenvalue weighted by Gasteiger charge is -2.35. The number of nitrogens with one attached hydrogen (secondary N) is 2. The number of carbonyl (C=O) groups is 3. The van der Waals surface area contributed by atoms with E-state index in [1.54, 1.807) is 43.3 Å². The van der Waals surface area contributed by atoms with Crippen molar-refractivity contribution in [2.45, 2.75) is 62.7 Å². The molecule has 0 aromatic heterocycles. The van der Waals surface area contributed by atoms with Crippen molar-refractivity contribution in [3.63, 3.8) is 0 Å². The molecule has 2 fully saturated rings. The molecule has 2 N–H and O–H groups in total. The van der Waals surface area contributed by atoms with Gasteiger partial charge >= 0.3 is 0 Å². The second-order valence-electron chi connectivity index (χ2n) is 9.29. The van der Waals surface area contributed by atoms with Gasteiger partial charge in [-0.1, -0.05) is 31.5 Å². The van der Waals surface area contributed by atoms with Gasteiger partial charge < -0.3 is 5.32 Å². The van der Waals surface area contributed by atoms with Gasteiger partial charge in [-0.15, -0.1) is 0 Å². The Bertz CT molecular complexity index is 1250. The number of aryl methyl sites for hydroxylation is 1. The fourth-order valence-electron chi connectivity index (χ4n) is 4.91. The number of amides is 3. The van der Waals surface area contributed by atoms with Gasteiger partial charge in [0.25, 0.3) is 5.91 Å². The van der Waals surface area contributed by atoms with Gasteiger partial charge in [0.1, 0.15) is 0 Å². The molecule has 9 heteroatoms. The Morgan fingerprint density at radius 3 is 2.37 bits per heavy atom. The van der Waals surface area contributed by atoms with Crippen LogP contribution < -0.4 is 10.6 Å². The lowest BCUT2D eigenvalue weighted by molar-refractivity contribution is -0.138. The Labute approximate surface area is 206 Å². The summed E-state index contributed by atoms with van der Waals surface area (Å²) in [4.78, 5) is 37.3. The first kappa shape index (κ1) is 25.1. The second-order valence-corrected chi connectivity index (χ2v) is 11.2. The van der Waals surface area contributed by atoms with Gasteiger partial charge in [0.15, 0.2) is 0 Å². The van der Waals surface area contributed by atoms with Gasteiger partial charge in [-0.3, -0.25) is 19.7 Å². The molecule has 0 aliphatic carbocycles. The van der Waals surface area contributed by atoms with E-state index < -0.39 is 21.3 Å². The van der Waals surface area contributed by atoms with Crippen LogP contribution in [0.3, 0.4) is 0 Å². The van der Waals surface area contributed by atoms with Crippen molar-refractivity contribution < 1.29 is 22.8 Å². The molecule has 35 heavy (non-hydrogen) atoms. The molecule has 2 saturated heterocycles. The lowest BCUT2D eigenvalue weighted by atomic mass is 9.72. The molecule has 1 atom stereocenters. The van der Waals surface area contributed by atoms with Crippen molar-refractivity contribution in [2.75, 3.05) is 18.4 Å². The predicted molar refractivity (Wildman–Crippen MR) is 133 cm³/mol. The molecule has 2 heterocycles. The maximum Gasteiger partial charge on any atom is 0.255 e. The van der Waals surface area contributed by atoms with Crippen molar-refractivity contribution in [3.05, 3.63) is 59.2 Å². The highest BCUT2D eigenvalue weighted by atomic mass is 32.2. The van der Waals surface area contributed by atoms with Crippen LogP contribution in [0.5, 0.6) is 0 Å². The number of nitrogens with zero attached hydrogens (tertiary/aromatic N) is 1. The van der Waals surface area contributed by atoms with E-state index in [9.17, 15) is 22.8 Å². The number of piperidine rings is 2. The molecule has 0 spiro atoms. The molecule has 0 bridgehead atoms. The topological polar surface area (TPSA) is 113 Å². The van der Waals surface area contributed by atoms with Crippen molar-refractivity contribution in [1.29, 1.82) is 0 Å². The highest BCUT2D eigenvalue weighted by Gasteiger charge is 2.42. The molecule has 8 nitrogen and oxygen atoms in total. The number of imide groups is 1. The Morgan fingerprint density at radius 2 is 1.74 bits per heavy atom. The number of hydrogen-bond acceptors (Lipinski definition) is 5. The summed E-state index contributed by atoms with van der Waals surface area (Å²) in [6.45, 7) is 4.64. The number of anilines is 1. The van der Waals surface area contributed by atoms with E-state index >= 15 is 0 Å². The minimum Gasteiger partial charge on any atom is -0.322 e. The summed E-state index contributed by atoms with van der Waals surface area (Å²) in [6, 6.07) is 11.7. The molecular formula is C26H31N3O5S. The second kappa shape index (κ2) is 9.91.